The molecule has 206 valence electrons. The highest BCUT2D eigenvalue weighted by Crippen LogP contribution is 2.41. The van der Waals surface area contributed by atoms with Crippen LogP contribution in [-0.2, 0) is 0 Å². The molecule has 0 unspecified atom stereocenters. The van der Waals surface area contributed by atoms with Gasteiger partial charge in [-0.2, -0.15) is 14.9 Å². The SMILES string of the molecule is C=NN(c1c(F)cc(NC(=O)c2ccc(=O)n(-c3c(F)cccc3F)n2)c(N2CC[C@@H](CN)C2)c1C)C(C)C. The molecular weight excluding hydrogens is 511 g/mol. The molecule has 1 aliphatic heterocycles. The zero-order valence-electron chi connectivity index (χ0n) is 21.9. The highest BCUT2D eigenvalue weighted by molar-refractivity contribution is 6.05. The number of carbonyl (C=O) groups excluding carboxylic acids is 1. The Morgan fingerprint density at radius 1 is 1.21 bits per heavy atom. The van der Waals surface area contributed by atoms with Crippen molar-refractivity contribution in [1.82, 2.24) is 9.78 Å². The molecule has 12 heteroatoms. The van der Waals surface area contributed by atoms with Crippen LogP contribution < -0.4 is 26.5 Å². The van der Waals surface area contributed by atoms with Gasteiger partial charge in [0.1, 0.15) is 17.1 Å². The summed E-state index contributed by atoms with van der Waals surface area (Å²) in [6.45, 7) is 10.7. The van der Waals surface area contributed by atoms with E-state index in [9.17, 15) is 18.4 Å². The number of nitrogens with one attached hydrogen (secondary N) is 1. The molecule has 0 aliphatic carbocycles. The van der Waals surface area contributed by atoms with Crippen molar-refractivity contribution in [2.75, 3.05) is 34.9 Å². The Kier molecular flexibility index (Phi) is 8.05. The first-order valence-corrected chi connectivity index (χ1v) is 12.5. The summed E-state index contributed by atoms with van der Waals surface area (Å²) < 4.78 is 44.7. The van der Waals surface area contributed by atoms with Gasteiger partial charge in [-0.05, 0) is 57.9 Å². The van der Waals surface area contributed by atoms with Crippen molar-refractivity contribution < 1.29 is 18.0 Å². The van der Waals surface area contributed by atoms with Gasteiger partial charge in [0.15, 0.2) is 17.5 Å². The van der Waals surface area contributed by atoms with Gasteiger partial charge in [0.25, 0.3) is 11.5 Å². The number of carbonyl (C=O) groups is 1. The Morgan fingerprint density at radius 2 is 1.90 bits per heavy atom. The van der Waals surface area contributed by atoms with Gasteiger partial charge in [-0.3, -0.25) is 14.6 Å². The number of aromatic nitrogens is 2. The number of rotatable bonds is 8. The van der Waals surface area contributed by atoms with E-state index in [1.54, 1.807) is 6.92 Å². The van der Waals surface area contributed by atoms with Crippen LogP contribution in [0.3, 0.4) is 0 Å². The van der Waals surface area contributed by atoms with E-state index >= 15 is 4.39 Å². The molecule has 2 heterocycles. The number of para-hydroxylation sites is 1. The highest BCUT2D eigenvalue weighted by Gasteiger charge is 2.30. The lowest BCUT2D eigenvalue weighted by Gasteiger charge is -2.30. The summed E-state index contributed by atoms with van der Waals surface area (Å²) in [5, 5.41) is 12.0. The number of hydrogen-bond acceptors (Lipinski definition) is 7. The number of hydrogen-bond donors (Lipinski definition) is 2. The molecule has 0 saturated carbocycles. The topological polar surface area (TPSA) is 109 Å². The van der Waals surface area contributed by atoms with E-state index in [2.05, 4.69) is 22.2 Å². The lowest BCUT2D eigenvalue weighted by molar-refractivity contribution is 0.102. The van der Waals surface area contributed by atoms with Crippen molar-refractivity contribution in [3.05, 3.63) is 75.5 Å². The summed E-state index contributed by atoms with van der Waals surface area (Å²) in [6, 6.07) is 6.21. The van der Waals surface area contributed by atoms with Crippen molar-refractivity contribution >= 4 is 29.7 Å². The predicted octanol–water partition coefficient (Wildman–Crippen LogP) is 3.83. The van der Waals surface area contributed by atoms with Crippen LogP contribution in [0.25, 0.3) is 5.69 Å². The smallest absolute Gasteiger partial charge is 0.276 e. The second-order valence-electron chi connectivity index (χ2n) is 9.64. The van der Waals surface area contributed by atoms with E-state index in [1.165, 1.54) is 11.1 Å². The first kappa shape index (κ1) is 27.8. The number of nitrogens with zero attached hydrogens (tertiary/aromatic N) is 5. The summed E-state index contributed by atoms with van der Waals surface area (Å²) in [4.78, 5) is 27.7. The zero-order valence-corrected chi connectivity index (χ0v) is 21.9. The molecule has 0 bridgehead atoms. The molecule has 4 rings (SSSR count). The van der Waals surface area contributed by atoms with E-state index in [4.69, 9.17) is 5.73 Å². The van der Waals surface area contributed by atoms with Gasteiger partial charge < -0.3 is 16.0 Å². The third-order valence-electron chi connectivity index (χ3n) is 6.70. The molecule has 1 fully saturated rings. The van der Waals surface area contributed by atoms with Gasteiger partial charge in [-0.1, -0.05) is 6.07 Å². The Morgan fingerprint density at radius 3 is 2.49 bits per heavy atom. The number of hydrazone groups is 1. The molecule has 0 spiro atoms. The van der Waals surface area contributed by atoms with Crippen LogP contribution in [0.2, 0.25) is 0 Å². The second kappa shape index (κ2) is 11.3. The van der Waals surface area contributed by atoms with E-state index in [1.807, 2.05) is 18.7 Å². The van der Waals surface area contributed by atoms with Gasteiger partial charge in [-0.15, -0.1) is 0 Å². The molecule has 0 radical (unpaired) electrons. The van der Waals surface area contributed by atoms with Crippen LogP contribution in [0, 0.1) is 30.3 Å². The van der Waals surface area contributed by atoms with Crippen molar-refractivity contribution in [3.63, 3.8) is 0 Å². The molecule has 3 aromatic rings. The zero-order chi connectivity index (χ0) is 28.4. The maximum atomic E-state index is 15.5. The van der Waals surface area contributed by atoms with E-state index < -0.39 is 34.6 Å². The van der Waals surface area contributed by atoms with E-state index in [0.717, 1.165) is 36.8 Å². The molecule has 1 aromatic heterocycles. The normalized spacial score (nSPS) is 15.1. The Bertz CT molecular complexity index is 1450. The molecule has 1 amide bonds. The summed E-state index contributed by atoms with van der Waals surface area (Å²) in [7, 11) is 0. The Labute approximate surface area is 223 Å². The van der Waals surface area contributed by atoms with Crippen LogP contribution in [0.15, 0.2) is 46.3 Å². The largest absolute Gasteiger partial charge is 0.369 e. The average Bonchev–Trinajstić information content (AvgIpc) is 3.35. The van der Waals surface area contributed by atoms with Gasteiger partial charge >= 0.3 is 0 Å². The van der Waals surface area contributed by atoms with Crippen LogP contribution in [0.4, 0.5) is 30.2 Å². The second-order valence-corrected chi connectivity index (χ2v) is 9.64. The fourth-order valence-electron chi connectivity index (χ4n) is 4.83. The molecule has 3 N–H and O–H groups in total. The fraction of sp³-hybridized carbons (Fsp3) is 0.333. The van der Waals surface area contributed by atoms with Gasteiger partial charge in [0.05, 0.1) is 11.4 Å². The lowest BCUT2D eigenvalue weighted by Crippen LogP contribution is -2.30. The van der Waals surface area contributed by atoms with Crippen LogP contribution in [0.5, 0.6) is 0 Å². The minimum absolute atomic E-state index is 0.167. The summed E-state index contributed by atoms with van der Waals surface area (Å²) in [5.74, 6) is -3.25. The highest BCUT2D eigenvalue weighted by atomic mass is 19.1. The average molecular weight is 542 g/mol. The van der Waals surface area contributed by atoms with Gasteiger partial charge in [0, 0.05) is 43.5 Å². The monoisotopic (exact) mass is 541 g/mol. The van der Waals surface area contributed by atoms with Crippen LogP contribution in [0.1, 0.15) is 36.3 Å². The minimum atomic E-state index is -1.02. The number of anilines is 3. The first-order valence-electron chi connectivity index (χ1n) is 12.5. The standard InChI is InChI=1S/C27H30F3N7O2/c1-15(2)36(32-4)24-16(3)25(35-11-10-17(13-31)14-35)22(12-20(24)30)33-27(39)21-8-9-23(38)37(34-21)26-18(28)6-5-7-19(26)29/h5-9,12,15,17H,4,10-11,13-14,31H2,1-3H3,(H,33,39)/t17-/m0/s1. The predicted molar refractivity (Wildman–Crippen MR) is 145 cm³/mol. The summed E-state index contributed by atoms with van der Waals surface area (Å²) >= 11 is 0. The van der Waals surface area contributed by atoms with Gasteiger partial charge in [-0.25, -0.2) is 13.2 Å². The van der Waals surface area contributed by atoms with Crippen molar-refractivity contribution in [1.29, 1.82) is 0 Å². The molecule has 1 atom stereocenters. The molecule has 1 saturated heterocycles. The first-order chi connectivity index (χ1) is 18.6. The van der Waals surface area contributed by atoms with E-state index in [-0.39, 0.29) is 29.0 Å². The van der Waals surface area contributed by atoms with E-state index in [0.29, 0.717) is 35.6 Å². The summed E-state index contributed by atoms with van der Waals surface area (Å²) in [6.07, 6.45) is 0.824. The van der Waals surface area contributed by atoms with Crippen molar-refractivity contribution in [3.8, 4) is 5.69 Å². The molecule has 9 nitrogen and oxygen atoms in total. The number of amides is 1. The molecular formula is C27H30F3N7O2. The Hall–Kier alpha value is -4.19. The minimum Gasteiger partial charge on any atom is -0.369 e. The van der Waals surface area contributed by atoms with Crippen molar-refractivity contribution in [2.45, 2.75) is 33.2 Å². The lowest BCUT2D eigenvalue weighted by atomic mass is 10.1. The maximum Gasteiger partial charge on any atom is 0.276 e. The number of benzene rings is 2. The van der Waals surface area contributed by atoms with Gasteiger partial charge in [0.2, 0.25) is 0 Å². The third kappa shape index (κ3) is 5.37. The number of halogens is 3. The van der Waals surface area contributed by atoms with Crippen molar-refractivity contribution in [2.24, 2.45) is 16.8 Å². The maximum absolute atomic E-state index is 15.5. The Balaban J connectivity index is 1.79. The molecule has 39 heavy (non-hydrogen) atoms. The number of nitrogens with two attached hydrogens (primary N) is 1. The molecule has 2 aromatic carbocycles. The van der Waals surface area contributed by atoms with Crippen LogP contribution in [-0.4, -0.2) is 48.1 Å². The molecule has 1 aliphatic rings. The third-order valence-corrected chi connectivity index (χ3v) is 6.70. The van der Waals surface area contributed by atoms with Crippen LogP contribution >= 0.6 is 0 Å². The summed E-state index contributed by atoms with van der Waals surface area (Å²) in [5.41, 5.74) is 5.56. The quantitative estimate of drug-likeness (QED) is 0.332. The fourth-order valence-corrected chi connectivity index (χ4v) is 4.83.